The largest absolute Gasteiger partial charge is 0.383 e. The fourth-order valence-electron chi connectivity index (χ4n) is 4.37. The molecule has 36 heavy (non-hydrogen) atoms. The van der Waals surface area contributed by atoms with E-state index in [1.54, 1.807) is 4.90 Å². The molecule has 3 amide bonds. The third-order valence-corrected chi connectivity index (χ3v) is 6.57. The second-order valence-corrected chi connectivity index (χ2v) is 9.73. The van der Waals surface area contributed by atoms with E-state index < -0.39 is 11.2 Å². The van der Waals surface area contributed by atoms with E-state index in [1.807, 2.05) is 51.1 Å². The molecule has 0 atom stereocenters. The zero-order valence-corrected chi connectivity index (χ0v) is 21.5. The molecule has 1 aromatic heterocycles. The molecule has 1 aliphatic heterocycles. The molecule has 4 N–H and O–H groups in total. The van der Waals surface area contributed by atoms with Gasteiger partial charge in [0.15, 0.2) is 5.69 Å². The van der Waals surface area contributed by atoms with Crippen molar-refractivity contribution in [1.82, 2.24) is 14.5 Å². The summed E-state index contributed by atoms with van der Waals surface area (Å²) < 4.78 is 1.34. The highest BCUT2D eigenvalue weighted by molar-refractivity contribution is 5.97. The highest BCUT2D eigenvalue weighted by atomic mass is 16.2. The number of urea groups is 1. The Labute approximate surface area is 211 Å². The number of nitrogens with zero attached hydrogens (tertiary/aromatic N) is 3. The van der Waals surface area contributed by atoms with Gasteiger partial charge >= 0.3 is 11.7 Å². The van der Waals surface area contributed by atoms with E-state index >= 15 is 0 Å². The van der Waals surface area contributed by atoms with Gasteiger partial charge in [0.2, 0.25) is 5.91 Å². The summed E-state index contributed by atoms with van der Waals surface area (Å²) in [7, 11) is 0. The minimum absolute atomic E-state index is 0.0222. The molecule has 10 heteroatoms. The maximum atomic E-state index is 13.7. The van der Waals surface area contributed by atoms with Gasteiger partial charge in [-0.05, 0) is 43.7 Å². The third kappa shape index (κ3) is 6.56. The van der Waals surface area contributed by atoms with Gasteiger partial charge in [-0.3, -0.25) is 19.1 Å². The molecule has 2 heterocycles. The van der Waals surface area contributed by atoms with Crippen molar-refractivity contribution in [3.8, 4) is 0 Å². The van der Waals surface area contributed by atoms with Crippen LogP contribution in [-0.4, -0.2) is 46.0 Å². The SMILES string of the molecule is CCCCn1c(N)c(N(CCC(C)C)C(=O)C2CCN(C(=O)Nc3ccccc3)CC2)c(=O)[nH]c1=O. The maximum Gasteiger partial charge on any atom is 0.330 e. The lowest BCUT2D eigenvalue weighted by Gasteiger charge is -2.34. The number of H-pyrrole nitrogens is 1. The summed E-state index contributed by atoms with van der Waals surface area (Å²) in [5, 5.41) is 2.88. The van der Waals surface area contributed by atoms with Crippen molar-refractivity contribution in [1.29, 1.82) is 0 Å². The number of rotatable bonds is 9. The molecule has 10 nitrogen and oxygen atoms in total. The Morgan fingerprint density at radius 2 is 1.83 bits per heavy atom. The lowest BCUT2D eigenvalue weighted by Crippen LogP contribution is -2.48. The van der Waals surface area contributed by atoms with E-state index in [9.17, 15) is 19.2 Å². The van der Waals surface area contributed by atoms with Gasteiger partial charge < -0.3 is 20.9 Å². The normalized spacial score (nSPS) is 14.2. The average molecular weight is 499 g/mol. The highest BCUT2D eigenvalue weighted by Gasteiger charge is 2.33. The first-order valence-corrected chi connectivity index (χ1v) is 12.8. The molecule has 1 saturated heterocycles. The summed E-state index contributed by atoms with van der Waals surface area (Å²) in [5.41, 5.74) is 5.86. The predicted molar refractivity (Wildman–Crippen MR) is 142 cm³/mol. The van der Waals surface area contributed by atoms with Crippen molar-refractivity contribution >= 4 is 29.1 Å². The quantitative estimate of drug-likeness (QED) is 0.488. The molecule has 2 aromatic rings. The topological polar surface area (TPSA) is 134 Å². The number of nitrogens with one attached hydrogen (secondary N) is 2. The van der Waals surface area contributed by atoms with Gasteiger partial charge in [-0.2, -0.15) is 0 Å². The number of anilines is 3. The Hall–Kier alpha value is -3.56. The number of unbranched alkanes of at least 4 members (excludes halogenated alkanes) is 1. The second kappa shape index (κ2) is 12.4. The van der Waals surface area contributed by atoms with Crippen LogP contribution in [0.5, 0.6) is 0 Å². The first kappa shape index (κ1) is 27.0. The van der Waals surface area contributed by atoms with Gasteiger partial charge in [0.25, 0.3) is 5.56 Å². The van der Waals surface area contributed by atoms with Crippen molar-refractivity contribution in [2.45, 2.75) is 59.4 Å². The van der Waals surface area contributed by atoms with Crippen LogP contribution < -0.4 is 27.2 Å². The number of nitrogen functional groups attached to an aromatic ring is 1. The van der Waals surface area contributed by atoms with Crippen LogP contribution in [0.1, 0.15) is 52.9 Å². The Balaban J connectivity index is 1.78. The van der Waals surface area contributed by atoms with Gasteiger partial charge in [-0.25, -0.2) is 9.59 Å². The second-order valence-electron chi connectivity index (χ2n) is 9.73. The summed E-state index contributed by atoms with van der Waals surface area (Å²) >= 11 is 0. The van der Waals surface area contributed by atoms with Gasteiger partial charge in [0, 0.05) is 37.8 Å². The number of carbonyl (C=O) groups is 2. The zero-order chi connectivity index (χ0) is 26.2. The maximum absolute atomic E-state index is 13.7. The first-order valence-electron chi connectivity index (χ1n) is 12.8. The Morgan fingerprint density at radius 3 is 2.44 bits per heavy atom. The van der Waals surface area contributed by atoms with Gasteiger partial charge in [-0.15, -0.1) is 0 Å². The number of nitrogens with two attached hydrogens (primary N) is 1. The fourth-order valence-corrected chi connectivity index (χ4v) is 4.37. The molecule has 0 saturated carbocycles. The van der Waals surface area contributed by atoms with Crippen LogP contribution in [-0.2, 0) is 11.3 Å². The van der Waals surface area contributed by atoms with Crippen LogP contribution in [0.4, 0.5) is 22.0 Å². The lowest BCUT2D eigenvalue weighted by atomic mass is 9.95. The molecular weight excluding hydrogens is 460 g/mol. The molecule has 0 aliphatic carbocycles. The van der Waals surface area contributed by atoms with Crippen LogP contribution in [0.25, 0.3) is 0 Å². The molecule has 1 aliphatic rings. The lowest BCUT2D eigenvalue weighted by molar-refractivity contribution is -0.123. The molecule has 0 radical (unpaired) electrons. The van der Waals surface area contributed by atoms with Crippen LogP contribution in [0, 0.1) is 11.8 Å². The Bertz CT molecular complexity index is 1150. The smallest absolute Gasteiger partial charge is 0.330 e. The molecule has 1 fully saturated rings. The zero-order valence-electron chi connectivity index (χ0n) is 21.5. The Kier molecular flexibility index (Phi) is 9.32. The number of hydrogen-bond donors (Lipinski definition) is 3. The summed E-state index contributed by atoms with van der Waals surface area (Å²) in [6.45, 7) is 7.63. The number of amides is 3. The number of benzene rings is 1. The van der Waals surface area contributed by atoms with E-state index in [1.165, 1.54) is 9.47 Å². The Morgan fingerprint density at radius 1 is 1.17 bits per heavy atom. The molecule has 0 bridgehead atoms. The van der Waals surface area contributed by atoms with Gasteiger partial charge in [-0.1, -0.05) is 45.4 Å². The van der Waals surface area contributed by atoms with E-state index in [2.05, 4.69) is 10.3 Å². The van der Waals surface area contributed by atoms with Gasteiger partial charge in [0.1, 0.15) is 5.82 Å². The number of carbonyl (C=O) groups excluding carboxylic acids is 2. The highest BCUT2D eigenvalue weighted by Crippen LogP contribution is 2.26. The van der Waals surface area contributed by atoms with Crippen LogP contribution in [0.2, 0.25) is 0 Å². The van der Waals surface area contributed by atoms with Crippen LogP contribution in [0.15, 0.2) is 39.9 Å². The van der Waals surface area contributed by atoms with Crippen molar-refractivity contribution in [2.24, 2.45) is 11.8 Å². The fraction of sp³-hybridized carbons (Fsp3) is 0.538. The van der Waals surface area contributed by atoms with Crippen molar-refractivity contribution in [2.75, 3.05) is 35.6 Å². The molecular formula is C26H38N6O4. The number of aromatic amines is 1. The number of para-hydroxylation sites is 1. The van der Waals surface area contributed by atoms with E-state index in [4.69, 9.17) is 5.73 Å². The molecule has 0 unspecified atom stereocenters. The number of piperidine rings is 1. The van der Waals surface area contributed by atoms with Crippen molar-refractivity contribution in [3.63, 3.8) is 0 Å². The van der Waals surface area contributed by atoms with E-state index in [0.29, 0.717) is 57.0 Å². The standard InChI is InChI=1S/C26H38N6O4/c1-4-5-14-32-22(27)21(23(33)29-26(32)36)31(17-11-18(2)3)24(34)19-12-15-30(16-13-19)25(35)28-20-9-7-6-8-10-20/h6-10,18-19H,4-5,11-17,27H2,1-3H3,(H,28,35)(H,29,33,36). The van der Waals surface area contributed by atoms with Crippen LogP contribution >= 0.6 is 0 Å². The van der Waals surface area contributed by atoms with E-state index in [-0.39, 0.29) is 29.4 Å². The molecule has 0 spiro atoms. The van der Waals surface area contributed by atoms with E-state index in [0.717, 1.165) is 12.8 Å². The molecule has 1 aromatic carbocycles. The van der Waals surface area contributed by atoms with Gasteiger partial charge in [0.05, 0.1) is 0 Å². The van der Waals surface area contributed by atoms with Crippen molar-refractivity contribution < 1.29 is 9.59 Å². The number of aromatic nitrogens is 2. The monoisotopic (exact) mass is 498 g/mol. The molecule has 3 rings (SSSR count). The summed E-state index contributed by atoms with van der Waals surface area (Å²) in [6, 6.07) is 9.03. The minimum Gasteiger partial charge on any atom is -0.383 e. The molecule has 196 valence electrons. The minimum atomic E-state index is -0.651. The average Bonchev–Trinajstić information content (AvgIpc) is 2.86. The number of likely N-dealkylation sites (tertiary alicyclic amines) is 1. The summed E-state index contributed by atoms with van der Waals surface area (Å²) in [5.74, 6) is -0.228. The van der Waals surface area contributed by atoms with Crippen molar-refractivity contribution in [3.05, 3.63) is 51.2 Å². The number of hydrogen-bond acceptors (Lipinski definition) is 5. The first-order chi connectivity index (χ1) is 17.2. The van der Waals surface area contributed by atoms with Crippen LogP contribution in [0.3, 0.4) is 0 Å². The summed E-state index contributed by atoms with van der Waals surface area (Å²) in [4.78, 5) is 57.1. The predicted octanol–water partition coefficient (Wildman–Crippen LogP) is 3.24. The third-order valence-electron chi connectivity index (χ3n) is 6.57. The summed E-state index contributed by atoms with van der Waals surface area (Å²) in [6.07, 6.45) is 3.21.